The normalized spacial score (nSPS) is 10.9. The molecule has 0 radical (unpaired) electrons. The first kappa shape index (κ1) is 19.5. The summed E-state index contributed by atoms with van der Waals surface area (Å²) in [5.41, 5.74) is 2.32. The van der Waals surface area contributed by atoms with Gasteiger partial charge in [0.1, 0.15) is 0 Å². The van der Waals surface area contributed by atoms with Crippen molar-refractivity contribution in [3.05, 3.63) is 53.6 Å². The smallest absolute Gasteiger partial charge is 0.337 e. The van der Waals surface area contributed by atoms with Gasteiger partial charge in [-0.15, -0.1) is 0 Å². The second kappa shape index (κ2) is 8.01. The van der Waals surface area contributed by atoms with E-state index in [4.69, 9.17) is 0 Å². The number of nitrogens with one attached hydrogen (secondary N) is 2. The lowest BCUT2D eigenvalue weighted by atomic mass is 10.2. The van der Waals surface area contributed by atoms with E-state index in [1.807, 2.05) is 6.92 Å². The van der Waals surface area contributed by atoms with Gasteiger partial charge < -0.3 is 15.4 Å². The molecular weight excluding hydrogens is 356 g/mol. The molecule has 0 saturated carbocycles. The van der Waals surface area contributed by atoms with E-state index in [9.17, 15) is 18.0 Å². The fraction of sp³-hybridized carbons (Fsp3) is 0.222. The van der Waals surface area contributed by atoms with Crippen LogP contribution in [0.25, 0.3) is 0 Å². The molecule has 1 amide bonds. The highest BCUT2D eigenvalue weighted by Crippen LogP contribution is 2.20. The van der Waals surface area contributed by atoms with Gasteiger partial charge in [0.25, 0.3) is 0 Å². The largest absolute Gasteiger partial charge is 0.465 e. The molecule has 0 fully saturated rings. The van der Waals surface area contributed by atoms with E-state index in [-0.39, 0.29) is 17.3 Å². The molecule has 0 unspecified atom stereocenters. The Morgan fingerprint density at radius 3 is 2.31 bits per heavy atom. The summed E-state index contributed by atoms with van der Waals surface area (Å²) in [6.07, 6.45) is 1.13. The van der Waals surface area contributed by atoms with Crippen molar-refractivity contribution in [1.29, 1.82) is 0 Å². The summed E-state index contributed by atoms with van der Waals surface area (Å²) in [6, 6.07) is 11.0. The number of carbonyl (C=O) groups excluding carboxylic acids is 2. The van der Waals surface area contributed by atoms with Gasteiger partial charge in [0.2, 0.25) is 5.91 Å². The minimum atomic E-state index is -3.32. The Bertz CT molecular complexity index is 921. The molecule has 0 aromatic heterocycles. The van der Waals surface area contributed by atoms with Gasteiger partial charge in [0.05, 0.1) is 24.1 Å². The highest BCUT2D eigenvalue weighted by atomic mass is 32.2. The number of amides is 1. The number of benzene rings is 2. The third-order valence-electron chi connectivity index (χ3n) is 3.67. The summed E-state index contributed by atoms with van der Waals surface area (Å²) in [7, 11) is -2.02. The molecule has 26 heavy (non-hydrogen) atoms. The maximum absolute atomic E-state index is 12.1. The minimum Gasteiger partial charge on any atom is -0.465 e. The van der Waals surface area contributed by atoms with Crippen molar-refractivity contribution in [2.45, 2.75) is 11.8 Å². The zero-order valence-electron chi connectivity index (χ0n) is 14.7. The zero-order valence-corrected chi connectivity index (χ0v) is 15.5. The molecule has 0 bridgehead atoms. The Kier molecular flexibility index (Phi) is 5.99. The maximum Gasteiger partial charge on any atom is 0.337 e. The Balaban J connectivity index is 2.00. The van der Waals surface area contributed by atoms with Crippen LogP contribution in [0, 0.1) is 6.92 Å². The highest BCUT2D eigenvalue weighted by molar-refractivity contribution is 7.90. The Hall–Kier alpha value is -2.87. The van der Waals surface area contributed by atoms with Crippen LogP contribution in [-0.2, 0) is 19.4 Å². The SMILES string of the molecule is COC(=O)c1ccc(NC(=O)CNc2cc(S(C)(=O)=O)ccc2C)cc1. The predicted molar refractivity (Wildman–Crippen MR) is 99.2 cm³/mol. The van der Waals surface area contributed by atoms with E-state index in [1.54, 1.807) is 30.3 Å². The summed E-state index contributed by atoms with van der Waals surface area (Å²) in [6.45, 7) is 1.78. The first-order valence-electron chi connectivity index (χ1n) is 7.73. The summed E-state index contributed by atoms with van der Waals surface area (Å²) < 4.78 is 27.9. The molecule has 0 saturated heterocycles. The lowest BCUT2D eigenvalue weighted by Gasteiger charge is -2.11. The molecule has 0 aliphatic carbocycles. The molecule has 2 aromatic rings. The van der Waals surface area contributed by atoms with E-state index in [0.717, 1.165) is 11.8 Å². The second-order valence-electron chi connectivity index (χ2n) is 5.72. The monoisotopic (exact) mass is 376 g/mol. The van der Waals surface area contributed by atoms with E-state index in [2.05, 4.69) is 15.4 Å². The number of sulfone groups is 1. The number of aryl methyl sites for hydroxylation is 1. The Morgan fingerprint density at radius 1 is 1.08 bits per heavy atom. The molecule has 8 heteroatoms. The van der Waals surface area contributed by atoms with Crippen LogP contribution in [0.15, 0.2) is 47.4 Å². The Morgan fingerprint density at radius 2 is 1.73 bits per heavy atom. The number of esters is 1. The lowest BCUT2D eigenvalue weighted by Crippen LogP contribution is -2.22. The predicted octanol–water partition coefficient (Wildman–Crippen LogP) is 2.24. The standard InChI is InChI=1S/C18H20N2O5S/c1-12-4-9-15(26(3,23)24)10-16(12)19-11-17(21)20-14-7-5-13(6-8-14)18(22)25-2/h4-10,19H,11H2,1-3H3,(H,20,21). The number of methoxy groups -OCH3 is 1. The van der Waals surface area contributed by atoms with Gasteiger partial charge in [-0.05, 0) is 48.9 Å². The van der Waals surface area contributed by atoms with E-state index in [1.165, 1.54) is 19.2 Å². The van der Waals surface area contributed by atoms with Crippen LogP contribution in [0.4, 0.5) is 11.4 Å². The average molecular weight is 376 g/mol. The van der Waals surface area contributed by atoms with Crippen LogP contribution < -0.4 is 10.6 Å². The fourth-order valence-corrected chi connectivity index (χ4v) is 2.86. The van der Waals surface area contributed by atoms with Crippen molar-refractivity contribution in [2.24, 2.45) is 0 Å². The number of hydrogen-bond donors (Lipinski definition) is 2. The van der Waals surface area contributed by atoms with E-state index in [0.29, 0.717) is 16.9 Å². The Labute approximate surface area is 152 Å². The highest BCUT2D eigenvalue weighted by Gasteiger charge is 2.11. The molecule has 138 valence electrons. The summed E-state index contributed by atoms with van der Waals surface area (Å²) in [4.78, 5) is 23.6. The first-order chi connectivity index (χ1) is 12.2. The third-order valence-corrected chi connectivity index (χ3v) is 4.78. The molecule has 0 aliphatic heterocycles. The van der Waals surface area contributed by atoms with Gasteiger partial charge in [-0.3, -0.25) is 4.79 Å². The van der Waals surface area contributed by atoms with Crippen molar-refractivity contribution in [1.82, 2.24) is 0 Å². The number of rotatable bonds is 6. The number of carbonyl (C=O) groups is 2. The first-order valence-corrected chi connectivity index (χ1v) is 9.62. The van der Waals surface area contributed by atoms with Crippen LogP contribution in [0.3, 0.4) is 0 Å². The second-order valence-corrected chi connectivity index (χ2v) is 7.74. The van der Waals surface area contributed by atoms with Crippen LogP contribution in [-0.4, -0.2) is 40.2 Å². The molecule has 0 spiro atoms. The van der Waals surface area contributed by atoms with Gasteiger partial charge in [0.15, 0.2) is 9.84 Å². The van der Waals surface area contributed by atoms with Crippen LogP contribution in [0.5, 0.6) is 0 Å². The lowest BCUT2D eigenvalue weighted by molar-refractivity contribution is -0.114. The quantitative estimate of drug-likeness (QED) is 0.750. The number of ether oxygens (including phenoxy) is 1. The summed E-state index contributed by atoms with van der Waals surface area (Å²) in [5.74, 6) is -0.759. The van der Waals surface area contributed by atoms with Gasteiger partial charge in [-0.25, -0.2) is 13.2 Å². The van der Waals surface area contributed by atoms with Crippen molar-refractivity contribution < 1.29 is 22.7 Å². The number of hydrogen-bond acceptors (Lipinski definition) is 6. The molecule has 0 aliphatic rings. The fourth-order valence-electron chi connectivity index (χ4n) is 2.21. The summed E-state index contributed by atoms with van der Waals surface area (Å²) >= 11 is 0. The van der Waals surface area contributed by atoms with Crippen LogP contribution >= 0.6 is 0 Å². The van der Waals surface area contributed by atoms with Gasteiger partial charge in [-0.1, -0.05) is 6.07 Å². The molecule has 0 atom stereocenters. The molecule has 2 aromatic carbocycles. The van der Waals surface area contributed by atoms with Crippen molar-refractivity contribution in [3.63, 3.8) is 0 Å². The topological polar surface area (TPSA) is 102 Å². The molecule has 2 rings (SSSR count). The van der Waals surface area contributed by atoms with Crippen LogP contribution in [0.2, 0.25) is 0 Å². The molecule has 2 N–H and O–H groups in total. The van der Waals surface area contributed by atoms with Crippen molar-refractivity contribution >= 4 is 33.1 Å². The van der Waals surface area contributed by atoms with Crippen LogP contribution in [0.1, 0.15) is 15.9 Å². The summed E-state index contributed by atoms with van der Waals surface area (Å²) in [5, 5.41) is 5.62. The minimum absolute atomic E-state index is 0.0349. The third kappa shape index (κ3) is 5.06. The molecule has 0 heterocycles. The average Bonchev–Trinajstić information content (AvgIpc) is 2.60. The van der Waals surface area contributed by atoms with Gasteiger partial charge in [-0.2, -0.15) is 0 Å². The molecular formula is C18H20N2O5S. The maximum atomic E-state index is 12.1. The van der Waals surface area contributed by atoms with Crippen molar-refractivity contribution in [3.8, 4) is 0 Å². The molecule has 7 nitrogen and oxygen atoms in total. The zero-order chi connectivity index (χ0) is 19.3. The van der Waals surface area contributed by atoms with Gasteiger partial charge in [0, 0.05) is 17.6 Å². The van der Waals surface area contributed by atoms with Crippen molar-refractivity contribution in [2.75, 3.05) is 30.5 Å². The van der Waals surface area contributed by atoms with E-state index >= 15 is 0 Å². The van der Waals surface area contributed by atoms with E-state index < -0.39 is 15.8 Å². The van der Waals surface area contributed by atoms with Gasteiger partial charge >= 0.3 is 5.97 Å². The number of anilines is 2.